The summed E-state index contributed by atoms with van der Waals surface area (Å²) >= 11 is 0. The van der Waals surface area contributed by atoms with Crippen LogP contribution in [0, 0.1) is 6.92 Å². The standard InChI is InChI=1S/C25H28N4O4/c1-15-9-22(33-28-15)21-13-26-24(16-6-7-16)27-23(21)17-5-4-8-29(14-17)25(30)18-10-19(31-2)12-20(11-18)32-3/h9-13,16-17H,4-8,14H2,1-3H3. The van der Waals surface area contributed by atoms with E-state index in [0.29, 0.717) is 41.8 Å². The fourth-order valence-electron chi connectivity index (χ4n) is 4.44. The summed E-state index contributed by atoms with van der Waals surface area (Å²) < 4.78 is 16.3. The summed E-state index contributed by atoms with van der Waals surface area (Å²) in [6.07, 6.45) is 5.98. The molecule has 2 aliphatic rings. The van der Waals surface area contributed by atoms with E-state index >= 15 is 0 Å². The SMILES string of the molecule is COc1cc(OC)cc(C(=O)N2CCCC(c3nc(C4CC4)ncc3-c3cc(C)no3)C2)c1. The van der Waals surface area contributed by atoms with Crippen molar-refractivity contribution in [2.75, 3.05) is 27.3 Å². The van der Waals surface area contributed by atoms with Crippen molar-refractivity contribution in [3.05, 3.63) is 53.2 Å². The minimum Gasteiger partial charge on any atom is -0.497 e. The highest BCUT2D eigenvalue weighted by Gasteiger charge is 2.32. The second-order valence-electron chi connectivity index (χ2n) is 8.83. The second-order valence-corrected chi connectivity index (χ2v) is 8.83. The number of piperidine rings is 1. The Labute approximate surface area is 192 Å². The molecule has 2 fully saturated rings. The molecule has 0 radical (unpaired) electrons. The Morgan fingerprint density at radius 2 is 1.82 bits per heavy atom. The number of likely N-dealkylation sites (tertiary alicyclic amines) is 1. The molecular formula is C25H28N4O4. The van der Waals surface area contributed by atoms with Crippen LogP contribution < -0.4 is 9.47 Å². The zero-order chi connectivity index (χ0) is 22.9. The van der Waals surface area contributed by atoms with Crippen LogP contribution in [0.3, 0.4) is 0 Å². The van der Waals surface area contributed by atoms with Crippen LogP contribution >= 0.6 is 0 Å². The molecule has 3 aromatic rings. The molecule has 8 heteroatoms. The van der Waals surface area contributed by atoms with Gasteiger partial charge in [0.05, 0.1) is 31.2 Å². The lowest BCUT2D eigenvalue weighted by atomic mass is 9.90. The van der Waals surface area contributed by atoms with Crippen molar-refractivity contribution in [3.63, 3.8) is 0 Å². The molecule has 0 spiro atoms. The van der Waals surface area contributed by atoms with E-state index in [1.807, 2.05) is 24.1 Å². The molecule has 1 aliphatic carbocycles. The topological polar surface area (TPSA) is 90.6 Å². The maximum Gasteiger partial charge on any atom is 0.254 e. The van der Waals surface area contributed by atoms with E-state index in [-0.39, 0.29) is 11.8 Å². The molecule has 1 aliphatic heterocycles. The van der Waals surface area contributed by atoms with Crippen LogP contribution in [-0.4, -0.2) is 53.2 Å². The number of carbonyl (C=O) groups is 1. The number of nitrogens with zero attached hydrogens (tertiary/aromatic N) is 4. The summed E-state index contributed by atoms with van der Waals surface area (Å²) in [5, 5.41) is 4.05. The molecule has 33 heavy (non-hydrogen) atoms. The number of benzene rings is 1. The van der Waals surface area contributed by atoms with Gasteiger partial charge in [0.2, 0.25) is 0 Å². The van der Waals surface area contributed by atoms with E-state index in [1.165, 1.54) is 0 Å². The Kier molecular flexibility index (Phi) is 5.74. The first-order valence-corrected chi connectivity index (χ1v) is 11.4. The number of rotatable bonds is 6. The highest BCUT2D eigenvalue weighted by Crippen LogP contribution is 2.40. The van der Waals surface area contributed by atoms with Crippen molar-refractivity contribution >= 4 is 5.91 Å². The quantitative estimate of drug-likeness (QED) is 0.553. The van der Waals surface area contributed by atoms with Gasteiger partial charge in [-0.15, -0.1) is 0 Å². The summed E-state index contributed by atoms with van der Waals surface area (Å²) in [7, 11) is 3.17. The summed E-state index contributed by atoms with van der Waals surface area (Å²) in [6, 6.07) is 7.19. The molecule has 1 unspecified atom stereocenters. The van der Waals surface area contributed by atoms with Crippen molar-refractivity contribution in [3.8, 4) is 22.8 Å². The maximum atomic E-state index is 13.4. The second kappa shape index (κ2) is 8.84. The zero-order valence-electron chi connectivity index (χ0n) is 19.2. The van der Waals surface area contributed by atoms with Crippen molar-refractivity contribution < 1.29 is 18.8 Å². The number of aryl methyl sites for hydroxylation is 1. The van der Waals surface area contributed by atoms with Crippen LogP contribution in [-0.2, 0) is 0 Å². The third-order valence-electron chi connectivity index (χ3n) is 6.37. The van der Waals surface area contributed by atoms with Crippen molar-refractivity contribution in [2.24, 2.45) is 0 Å². The van der Waals surface area contributed by atoms with Crippen LogP contribution in [0.25, 0.3) is 11.3 Å². The molecule has 1 amide bonds. The highest BCUT2D eigenvalue weighted by atomic mass is 16.5. The van der Waals surface area contributed by atoms with E-state index < -0.39 is 0 Å². The Balaban J connectivity index is 1.45. The summed E-state index contributed by atoms with van der Waals surface area (Å²) in [4.78, 5) is 24.9. The van der Waals surface area contributed by atoms with Crippen LogP contribution in [0.15, 0.2) is 35.0 Å². The number of ether oxygens (including phenoxy) is 2. The Hall–Kier alpha value is -3.42. The largest absolute Gasteiger partial charge is 0.497 e. The van der Waals surface area contributed by atoms with Gasteiger partial charge in [-0.05, 0) is 44.7 Å². The van der Waals surface area contributed by atoms with Gasteiger partial charge in [-0.25, -0.2) is 9.97 Å². The third-order valence-corrected chi connectivity index (χ3v) is 6.37. The number of hydrogen-bond donors (Lipinski definition) is 0. The first-order chi connectivity index (χ1) is 16.1. The van der Waals surface area contributed by atoms with Crippen LogP contribution in [0.5, 0.6) is 11.5 Å². The van der Waals surface area contributed by atoms with E-state index in [4.69, 9.17) is 19.0 Å². The lowest BCUT2D eigenvalue weighted by Crippen LogP contribution is -2.39. The van der Waals surface area contributed by atoms with E-state index in [9.17, 15) is 4.79 Å². The minimum absolute atomic E-state index is 0.0366. The predicted molar refractivity (Wildman–Crippen MR) is 122 cm³/mol. The number of aromatic nitrogens is 3. The average Bonchev–Trinajstić information content (AvgIpc) is 3.63. The monoisotopic (exact) mass is 448 g/mol. The first kappa shape index (κ1) is 21.4. The van der Waals surface area contributed by atoms with Gasteiger partial charge < -0.3 is 18.9 Å². The Morgan fingerprint density at radius 1 is 1.06 bits per heavy atom. The zero-order valence-corrected chi connectivity index (χ0v) is 19.2. The van der Waals surface area contributed by atoms with Crippen LogP contribution in [0.1, 0.15) is 65.1 Å². The van der Waals surface area contributed by atoms with Gasteiger partial charge >= 0.3 is 0 Å². The van der Waals surface area contributed by atoms with Gasteiger partial charge in [0.1, 0.15) is 17.3 Å². The number of carbonyl (C=O) groups excluding carboxylic acids is 1. The van der Waals surface area contributed by atoms with E-state index in [0.717, 1.165) is 48.5 Å². The normalized spacial score (nSPS) is 18.3. The molecule has 5 rings (SSSR count). The predicted octanol–water partition coefficient (Wildman–Crippen LogP) is 4.35. The average molecular weight is 449 g/mol. The van der Waals surface area contributed by atoms with Gasteiger partial charge in [0, 0.05) is 48.8 Å². The van der Waals surface area contributed by atoms with Gasteiger partial charge in [-0.1, -0.05) is 5.16 Å². The third kappa shape index (κ3) is 4.42. The van der Waals surface area contributed by atoms with Gasteiger partial charge in [0.15, 0.2) is 5.76 Å². The van der Waals surface area contributed by atoms with Gasteiger partial charge in [-0.3, -0.25) is 4.79 Å². The van der Waals surface area contributed by atoms with Crippen molar-refractivity contribution in [1.29, 1.82) is 0 Å². The molecule has 8 nitrogen and oxygen atoms in total. The fraction of sp³-hybridized carbons (Fsp3) is 0.440. The van der Waals surface area contributed by atoms with Gasteiger partial charge in [0.25, 0.3) is 5.91 Å². The van der Waals surface area contributed by atoms with Crippen molar-refractivity contribution in [2.45, 2.75) is 44.4 Å². The molecule has 2 aromatic heterocycles. The molecule has 1 saturated heterocycles. The van der Waals surface area contributed by atoms with Gasteiger partial charge in [-0.2, -0.15) is 0 Å². The molecule has 3 heterocycles. The summed E-state index contributed by atoms with van der Waals surface area (Å²) in [5.41, 5.74) is 3.18. The molecular weight excluding hydrogens is 420 g/mol. The number of hydrogen-bond acceptors (Lipinski definition) is 7. The Bertz CT molecular complexity index is 1150. The van der Waals surface area contributed by atoms with E-state index in [1.54, 1.807) is 32.4 Å². The lowest BCUT2D eigenvalue weighted by molar-refractivity contribution is 0.0705. The summed E-state index contributed by atoms with van der Waals surface area (Å²) in [5.74, 6) is 3.26. The number of amides is 1. The molecule has 172 valence electrons. The lowest BCUT2D eigenvalue weighted by Gasteiger charge is -2.33. The molecule has 0 bridgehead atoms. The fourth-order valence-corrected chi connectivity index (χ4v) is 4.44. The highest BCUT2D eigenvalue weighted by molar-refractivity contribution is 5.95. The smallest absolute Gasteiger partial charge is 0.254 e. The molecule has 0 N–H and O–H groups in total. The van der Waals surface area contributed by atoms with Crippen LogP contribution in [0.2, 0.25) is 0 Å². The summed E-state index contributed by atoms with van der Waals surface area (Å²) in [6.45, 7) is 3.18. The molecule has 1 aromatic carbocycles. The first-order valence-electron chi connectivity index (χ1n) is 11.4. The maximum absolute atomic E-state index is 13.4. The Morgan fingerprint density at radius 3 is 2.45 bits per heavy atom. The number of methoxy groups -OCH3 is 2. The van der Waals surface area contributed by atoms with Crippen LogP contribution in [0.4, 0.5) is 0 Å². The molecule has 1 saturated carbocycles. The molecule has 1 atom stereocenters. The van der Waals surface area contributed by atoms with E-state index in [2.05, 4.69) is 10.1 Å². The van der Waals surface area contributed by atoms with Crippen molar-refractivity contribution in [1.82, 2.24) is 20.0 Å². The minimum atomic E-state index is -0.0366.